The standard InChI is InChI=1S/C17H22N2O2/c1-19(14-7-9-15(21-2)10-8-14)16(20)17(13-18)11-5-3-4-6-12-17/h7-10H,3-6,11-12H2,1-2H3. The van der Waals surface area contributed by atoms with Crippen LogP contribution in [0.25, 0.3) is 0 Å². The van der Waals surface area contributed by atoms with Crippen molar-refractivity contribution in [3.05, 3.63) is 24.3 Å². The highest BCUT2D eigenvalue weighted by Crippen LogP contribution is 2.37. The molecule has 0 atom stereocenters. The number of hydrogen-bond acceptors (Lipinski definition) is 3. The first-order chi connectivity index (χ1) is 10.1. The average molecular weight is 286 g/mol. The van der Waals surface area contributed by atoms with E-state index < -0.39 is 5.41 Å². The van der Waals surface area contributed by atoms with E-state index in [1.165, 1.54) is 0 Å². The summed E-state index contributed by atoms with van der Waals surface area (Å²) in [6.07, 6.45) is 5.48. The zero-order chi connectivity index (χ0) is 15.3. The summed E-state index contributed by atoms with van der Waals surface area (Å²) < 4.78 is 5.13. The lowest BCUT2D eigenvalue weighted by Crippen LogP contribution is -2.41. The molecule has 4 heteroatoms. The second-order valence-corrected chi connectivity index (χ2v) is 5.67. The zero-order valence-electron chi connectivity index (χ0n) is 12.8. The van der Waals surface area contributed by atoms with Crippen LogP contribution in [0.3, 0.4) is 0 Å². The van der Waals surface area contributed by atoms with Crippen molar-refractivity contribution in [2.24, 2.45) is 5.41 Å². The van der Waals surface area contributed by atoms with Crippen LogP contribution in [0, 0.1) is 16.7 Å². The van der Waals surface area contributed by atoms with E-state index in [1.54, 1.807) is 19.1 Å². The van der Waals surface area contributed by atoms with Crippen LogP contribution in [0.1, 0.15) is 38.5 Å². The number of hydrogen-bond donors (Lipinski definition) is 0. The third-order valence-electron chi connectivity index (χ3n) is 4.34. The number of rotatable bonds is 3. The molecular weight excluding hydrogens is 264 g/mol. The summed E-state index contributed by atoms with van der Waals surface area (Å²) in [7, 11) is 3.36. The molecule has 1 aliphatic rings. The van der Waals surface area contributed by atoms with E-state index in [4.69, 9.17) is 4.74 Å². The number of anilines is 1. The number of nitriles is 1. The average Bonchev–Trinajstić information content (AvgIpc) is 2.80. The highest BCUT2D eigenvalue weighted by Gasteiger charge is 2.41. The van der Waals surface area contributed by atoms with E-state index in [0.29, 0.717) is 12.8 Å². The SMILES string of the molecule is COc1ccc(N(C)C(=O)C2(C#N)CCCCCC2)cc1. The van der Waals surface area contributed by atoms with Crippen molar-refractivity contribution in [3.63, 3.8) is 0 Å². The molecule has 1 aromatic rings. The van der Waals surface area contributed by atoms with Crippen molar-refractivity contribution in [2.45, 2.75) is 38.5 Å². The monoisotopic (exact) mass is 286 g/mol. The molecule has 0 radical (unpaired) electrons. The Morgan fingerprint density at radius 3 is 2.24 bits per heavy atom. The maximum atomic E-state index is 12.8. The molecule has 0 heterocycles. The van der Waals surface area contributed by atoms with Crippen molar-refractivity contribution in [2.75, 3.05) is 19.1 Å². The van der Waals surface area contributed by atoms with Crippen LogP contribution in [-0.4, -0.2) is 20.1 Å². The molecule has 1 aliphatic carbocycles. The lowest BCUT2D eigenvalue weighted by atomic mass is 9.80. The minimum Gasteiger partial charge on any atom is -0.497 e. The molecule has 1 fully saturated rings. The van der Waals surface area contributed by atoms with E-state index in [9.17, 15) is 10.1 Å². The molecule has 112 valence electrons. The molecule has 21 heavy (non-hydrogen) atoms. The van der Waals surface area contributed by atoms with E-state index in [-0.39, 0.29) is 5.91 Å². The van der Waals surface area contributed by atoms with Gasteiger partial charge in [-0.15, -0.1) is 0 Å². The summed E-state index contributed by atoms with van der Waals surface area (Å²) in [5.41, 5.74) is -0.0646. The smallest absolute Gasteiger partial charge is 0.247 e. The van der Waals surface area contributed by atoms with Gasteiger partial charge in [-0.2, -0.15) is 5.26 Å². The van der Waals surface area contributed by atoms with Gasteiger partial charge in [0.05, 0.1) is 13.2 Å². The van der Waals surface area contributed by atoms with Gasteiger partial charge in [0.15, 0.2) is 0 Å². The Morgan fingerprint density at radius 2 is 1.76 bits per heavy atom. The topological polar surface area (TPSA) is 53.3 Å². The predicted molar refractivity (Wildman–Crippen MR) is 82.2 cm³/mol. The van der Waals surface area contributed by atoms with Crippen molar-refractivity contribution in [1.29, 1.82) is 5.26 Å². The van der Waals surface area contributed by atoms with Crippen molar-refractivity contribution < 1.29 is 9.53 Å². The third kappa shape index (κ3) is 3.18. The Balaban J connectivity index is 2.21. The summed E-state index contributed by atoms with van der Waals surface area (Å²) in [6.45, 7) is 0. The molecule has 4 nitrogen and oxygen atoms in total. The Bertz CT molecular complexity index is 523. The molecule has 0 unspecified atom stereocenters. The van der Waals surface area contributed by atoms with E-state index in [1.807, 2.05) is 24.3 Å². The lowest BCUT2D eigenvalue weighted by Gasteiger charge is -2.29. The van der Waals surface area contributed by atoms with E-state index in [2.05, 4.69) is 6.07 Å². The molecule has 0 bridgehead atoms. The second-order valence-electron chi connectivity index (χ2n) is 5.67. The molecule has 0 spiro atoms. The fraction of sp³-hybridized carbons (Fsp3) is 0.529. The van der Waals surface area contributed by atoms with Gasteiger partial charge in [0.1, 0.15) is 11.2 Å². The molecule has 1 aromatic carbocycles. The second kappa shape index (κ2) is 6.62. The van der Waals surface area contributed by atoms with Gasteiger partial charge in [0.25, 0.3) is 0 Å². The maximum absolute atomic E-state index is 12.8. The Hall–Kier alpha value is -2.02. The molecule has 0 saturated heterocycles. The molecule has 1 saturated carbocycles. The highest BCUT2D eigenvalue weighted by atomic mass is 16.5. The first-order valence-electron chi connectivity index (χ1n) is 7.46. The molecule has 0 N–H and O–H groups in total. The summed E-state index contributed by atoms with van der Waals surface area (Å²) in [6, 6.07) is 9.66. The fourth-order valence-electron chi connectivity index (χ4n) is 2.95. The van der Waals surface area contributed by atoms with Crippen LogP contribution >= 0.6 is 0 Å². The molecule has 0 aromatic heterocycles. The molecule has 0 aliphatic heterocycles. The van der Waals surface area contributed by atoms with Gasteiger partial charge in [0, 0.05) is 12.7 Å². The van der Waals surface area contributed by atoms with Crippen molar-refractivity contribution in [1.82, 2.24) is 0 Å². The minimum absolute atomic E-state index is 0.0860. The number of benzene rings is 1. The van der Waals surface area contributed by atoms with E-state index >= 15 is 0 Å². The Labute approximate surface area is 126 Å². The quantitative estimate of drug-likeness (QED) is 0.799. The van der Waals surface area contributed by atoms with Gasteiger partial charge < -0.3 is 9.64 Å². The highest BCUT2D eigenvalue weighted by molar-refractivity contribution is 5.99. The molecular formula is C17H22N2O2. The Kier molecular flexibility index (Phi) is 4.85. The van der Waals surface area contributed by atoms with Gasteiger partial charge in [-0.05, 0) is 37.1 Å². The van der Waals surface area contributed by atoms with E-state index in [0.717, 1.165) is 37.1 Å². The van der Waals surface area contributed by atoms with Crippen LogP contribution < -0.4 is 9.64 Å². The first kappa shape index (κ1) is 15.4. The van der Waals surface area contributed by atoms with Gasteiger partial charge in [-0.1, -0.05) is 25.7 Å². The molecule has 2 rings (SSSR count). The van der Waals surface area contributed by atoms with Crippen molar-refractivity contribution in [3.8, 4) is 11.8 Å². The van der Waals surface area contributed by atoms with Gasteiger partial charge >= 0.3 is 0 Å². The first-order valence-corrected chi connectivity index (χ1v) is 7.46. The van der Waals surface area contributed by atoms with Gasteiger partial charge in [-0.25, -0.2) is 0 Å². The minimum atomic E-state index is -0.856. The number of amides is 1. The predicted octanol–water partition coefficient (Wildman–Crippen LogP) is 3.52. The fourth-order valence-corrected chi connectivity index (χ4v) is 2.95. The van der Waals surface area contributed by atoms with Gasteiger partial charge in [-0.3, -0.25) is 4.79 Å². The number of ether oxygens (including phenoxy) is 1. The number of carbonyl (C=O) groups is 1. The zero-order valence-corrected chi connectivity index (χ0v) is 12.8. The number of nitrogens with zero attached hydrogens (tertiary/aromatic N) is 2. The molecule has 1 amide bonds. The van der Waals surface area contributed by atoms with Crippen LogP contribution in [0.2, 0.25) is 0 Å². The van der Waals surface area contributed by atoms with Gasteiger partial charge in [0.2, 0.25) is 5.91 Å². The normalized spacial score (nSPS) is 17.4. The van der Waals surface area contributed by atoms with Crippen molar-refractivity contribution >= 4 is 11.6 Å². The largest absolute Gasteiger partial charge is 0.497 e. The van der Waals surface area contributed by atoms with Crippen LogP contribution in [0.4, 0.5) is 5.69 Å². The van der Waals surface area contributed by atoms with Crippen LogP contribution in [0.15, 0.2) is 24.3 Å². The summed E-state index contributed by atoms with van der Waals surface area (Å²) >= 11 is 0. The number of carbonyl (C=O) groups excluding carboxylic acids is 1. The van der Waals surface area contributed by atoms with Crippen LogP contribution in [0.5, 0.6) is 5.75 Å². The Morgan fingerprint density at radius 1 is 1.19 bits per heavy atom. The summed E-state index contributed by atoms with van der Waals surface area (Å²) in [5.74, 6) is 0.668. The maximum Gasteiger partial charge on any atom is 0.247 e. The third-order valence-corrected chi connectivity index (χ3v) is 4.34. The lowest BCUT2D eigenvalue weighted by molar-refractivity contribution is -0.125. The van der Waals surface area contributed by atoms with Crippen LogP contribution in [-0.2, 0) is 4.79 Å². The number of methoxy groups -OCH3 is 1. The summed E-state index contributed by atoms with van der Waals surface area (Å²) in [4.78, 5) is 14.4. The summed E-state index contributed by atoms with van der Waals surface area (Å²) in [5, 5.41) is 9.60.